The summed E-state index contributed by atoms with van der Waals surface area (Å²) in [5.41, 5.74) is 0. The number of nitrogens with zero attached hydrogens (tertiary/aromatic N) is 1. The molecule has 9 heteroatoms. The van der Waals surface area contributed by atoms with E-state index in [1.807, 2.05) is 0 Å². The largest absolute Gasteiger partial charge is 0.379 e. The van der Waals surface area contributed by atoms with Gasteiger partial charge in [-0.1, -0.05) is 0 Å². The van der Waals surface area contributed by atoms with Gasteiger partial charge in [0.1, 0.15) is 0 Å². The fourth-order valence-corrected chi connectivity index (χ4v) is 2.78. The van der Waals surface area contributed by atoms with Crippen LogP contribution in [0, 0.1) is 0 Å². The molecular formula is C11H24N4O4S. The van der Waals surface area contributed by atoms with Gasteiger partial charge in [0.15, 0.2) is 0 Å². The van der Waals surface area contributed by atoms with Crippen LogP contribution in [0.15, 0.2) is 0 Å². The predicted octanol–water partition coefficient (Wildman–Crippen LogP) is -1.73. The number of amides is 1. The van der Waals surface area contributed by atoms with Crippen molar-refractivity contribution >= 4 is 16.1 Å². The molecule has 1 saturated heterocycles. The van der Waals surface area contributed by atoms with Crippen LogP contribution in [0.1, 0.15) is 13.8 Å². The second-order valence-electron chi connectivity index (χ2n) is 4.90. The van der Waals surface area contributed by atoms with E-state index in [9.17, 15) is 13.2 Å². The summed E-state index contributed by atoms with van der Waals surface area (Å²) < 4.78 is 32.6. The van der Waals surface area contributed by atoms with Crippen LogP contribution in [0.2, 0.25) is 0 Å². The van der Waals surface area contributed by atoms with Crippen molar-refractivity contribution in [2.24, 2.45) is 0 Å². The first-order valence-electron chi connectivity index (χ1n) is 6.73. The maximum Gasteiger partial charge on any atom is 0.277 e. The molecule has 0 aliphatic carbocycles. The van der Waals surface area contributed by atoms with Gasteiger partial charge in [0.2, 0.25) is 5.91 Å². The van der Waals surface area contributed by atoms with Crippen LogP contribution < -0.4 is 14.8 Å². The first kappa shape index (κ1) is 17.3. The summed E-state index contributed by atoms with van der Waals surface area (Å²) in [6.45, 7) is 7.56. The molecule has 20 heavy (non-hydrogen) atoms. The van der Waals surface area contributed by atoms with Crippen molar-refractivity contribution in [3.63, 3.8) is 0 Å². The molecule has 0 bridgehead atoms. The van der Waals surface area contributed by atoms with E-state index in [0.717, 1.165) is 19.6 Å². The number of hydrogen-bond acceptors (Lipinski definition) is 5. The summed E-state index contributed by atoms with van der Waals surface area (Å²) in [5, 5.41) is 2.68. The first-order chi connectivity index (χ1) is 9.39. The average Bonchev–Trinajstić information content (AvgIpc) is 2.36. The molecule has 0 aromatic heterocycles. The first-order valence-corrected chi connectivity index (χ1v) is 8.21. The van der Waals surface area contributed by atoms with E-state index < -0.39 is 10.2 Å². The lowest BCUT2D eigenvalue weighted by Gasteiger charge is -2.26. The lowest BCUT2D eigenvalue weighted by atomic mass is 10.4. The Kier molecular flexibility index (Phi) is 7.38. The standard InChI is InChI=1S/C11H24N4O4S/c1-10(2)14-20(17,18)13-9-11(16)12-3-4-15-5-7-19-8-6-15/h10,13-14H,3-9H2,1-2H3,(H,12,16). The summed E-state index contributed by atoms with van der Waals surface area (Å²) in [4.78, 5) is 13.7. The Morgan fingerprint density at radius 2 is 1.95 bits per heavy atom. The van der Waals surface area contributed by atoms with Gasteiger partial charge >= 0.3 is 0 Å². The van der Waals surface area contributed by atoms with Crippen LogP contribution in [0.5, 0.6) is 0 Å². The zero-order valence-corrected chi connectivity index (χ0v) is 12.8. The van der Waals surface area contributed by atoms with Gasteiger partial charge in [-0.15, -0.1) is 0 Å². The molecule has 8 nitrogen and oxygen atoms in total. The van der Waals surface area contributed by atoms with Gasteiger partial charge in [-0.05, 0) is 13.8 Å². The fourth-order valence-electron chi connectivity index (χ4n) is 1.75. The number of rotatable bonds is 8. The van der Waals surface area contributed by atoms with Gasteiger partial charge in [-0.2, -0.15) is 17.9 Å². The predicted molar refractivity (Wildman–Crippen MR) is 75.5 cm³/mol. The third kappa shape index (κ3) is 7.75. The molecule has 1 aliphatic heterocycles. The average molecular weight is 308 g/mol. The second kappa shape index (κ2) is 8.53. The topological polar surface area (TPSA) is 99.8 Å². The summed E-state index contributed by atoms with van der Waals surface area (Å²) in [5.74, 6) is -0.340. The van der Waals surface area contributed by atoms with Crippen LogP contribution in [0.3, 0.4) is 0 Å². The molecule has 0 radical (unpaired) electrons. The summed E-state index contributed by atoms with van der Waals surface area (Å²) in [6, 6.07) is -0.211. The number of ether oxygens (including phenoxy) is 1. The zero-order chi connectivity index (χ0) is 15.0. The maximum absolute atomic E-state index is 11.5. The highest BCUT2D eigenvalue weighted by atomic mass is 32.2. The third-order valence-electron chi connectivity index (χ3n) is 2.67. The minimum Gasteiger partial charge on any atom is -0.379 e. The van der Waals surface area contributed by atoms with E-state index in [2.05, 4.69) is 19.7 Å². The number of carbonyl (C=O) groups is 1. The van der Waals surface area contributed by atoms with E-state index in [4.69, 9.17) is 4.74 Å². The minimum atomic E-state index is -3.61. The van der Waals surface area contributed by atoms with Crippen molar-refractivity contribution in [2.75, 3.05) is 45.9 Å². The number of morpholine rings is 1. The molecule has 0 aromatic rings. The van der Waals surface area contributed by atoms with E-state index in [1.54, 1.807) is 13.8 Å². The third-order valence-corrected chi connectivity index (χ3v) is 3.97. The SMILES string of the molecule is CC(C)NS(=O)(=O)NCC(=O)NCCN1CCOCC1. The van der Waals surface area contributed by atoms with Crippen LogP contribution in [-0.2, 0) is 19.7 Å². The molecule has 0 aromatic carbocycles. The summed E-state index contributed by atoms with van der Waals surface area (Å²) >= 11 is 0. The van der Waals surface area contributed by atoms with Crippen molar-refractivity contribution < 1.29 is 17.9 Å². The fraction of sp³-hybridized carbons (Fsp3) is 0.909. The molecule has 3 N–H and O–H groups in total. The van der Waals surface area contributed by atoms with Crippen LogP contribution in [0.25, 0.3) is 0 Å². The molecule has 0 spiro atoms. The summed E-state index contributed by atoms with van der Waals surface area (Å²) in [7, 11) is -3.61. The van der Waals surface area contributed by atoms with Crippen molar-refractivity contribution in [3.05, 3.63) is 0 Å². The smallest absolute Gasteiger partial charge is 0.277 e. The van der Waals surface area contributed by atoms with E-state index in [0.29, 0.717) is 19.8 Å². The molecular weight excluding hydrogens is 284 g/mol. The Hall–Kier alpha value is -0.740. The Morgan fingerprint density at radius 3 is 2.55 bits per heavy atom. The molecule has 0 saturated carbocycles. The van der Waals surface area contributed by atoms with E-state index in [-0.39, 0.29) is 18.5 Å². The normalized spacial score (nSPS) is 17.4. The van der Waals surface area contributed by atoms with Crippen LogP contribution >= 0.6 is 0 Å². The van der Waals surface area contributed by atoms with Gasteiger partial charge in [0.05, 0.1) is 19.8 Å². The molecule has 0 unspecified atom stereocenters. The number of nitrogens with one attached hydrogen (secondary N) is 3. The Morgan fingerprint density at radius 1 is 1.30 bits per heavy atom. The molecule has 1 heterocycles. The van der Waals surface area contributed by atoms with Gasteiger partial charge in [0.25, 0.3) is 10.2 Å². The van der Waals surface area contributed by atoms with Crippen LogP contribution in [-0.4, -0.2) is 71.2 Å². The van der Waals surface area contributed by atoms with E-state index >= 15 is 0 Å². The Bertz CT molecular complexity index is 393. The molecule has 1 fully saturated rings. The van der Waals surface area contributed by atoms with Crippen molar-refractivity contribution in [1.29, 1.82) is 0 Å². The van der Waals surface area contributed by atoms with Gasteiger partial charge in [0, 0.05) is 32.2 Å². The molecule has 1 rings (SSSR count). The zero-order valence-electron chi connectivity index (χ0n) is 12.0. The Labute approximate surface area is 120 Å². The number of hydrogen-bond donors (Lipinski definition) is 3. The lowest BCUT2D eigenvalue weighted by Crippen LogP contribution is -2.46. The quantitative estimate of drug-likeness (QED) is 0.495. The van der Waals surface area contributed by atoms with E-state index in [1.165, 1.54) is 0 Å². The number of carbonyl (C=O) groups excluding carboxylic acids is 1. The highest BCUT2D eigenvalue weighted by Gasteiger charge is 2.13. The lowest BCUT2D eigenvalue weighted by molar-refractivity contribution is -0.120. The highest BCUT2D eigenvalue weighted by molar-refractivity contribution is 7.87. The maximum atomic E-state index is 11.5. The van der Waals surface area contributed by atoms with Gasteiger partial charge in [-0.3, -0.25) is 9.69 Å². The van der Waals surface area contributed by atoms with Gasteiger partial charge < -0.3 is 10.1 Å². The highest BCUT2D eigenvalue weighted by Crippen LogP contribution is 1.94. The van der Waals surface area contributed by atoms with Gasteiger partial charge in [-0.25, -0.2) is 0 Å². The minimum absolute atomic E-state index is 0.211. The van der Waals surface area contributed by atoms with Crippen molar-refractivity contribution in [2.45, 2.75) is 19.9 Å². The molecule has 0 atom stereocenters. The Balaban J connectivity index is 2.13. The van der Waals surface area contributed by atoms with Crippen LogP contribution in [0.4, 0.5) is 0 Å². The van der Waals surface area contributed by atoms with Crippen molar-refractivity contribution in [3.8, 4) is 0 Å². The monoisotopic (exact) mass is 308 g/mol. The van der Waals surface area contributed by atoms with Crippen molar-refractivity contribution in [1.82, 2.24) is 19.7 Å². The molecule has 1 aliphatic rings. The second-order valence-corrected chi connectivity index (χ2v) is 6.43. The molecule has 118 valence electrons. The summed E-state index contributed by atoms with van der Waals surface area (Å²) in [6.07, 6.45) is 0. The molecule has 1 amide bonds.